The van der Waals surface area contributed by atoms with Gasteiger partial charge in [-0.25, -0.2) is 0 Å². The molecule has 0 radical (unpaired) electrons. The van der Waals surface area contributed by atoms with E-state index in [0.717, 1.165) is 0 Å². The lowest BCUT2D eigenvalue weighted by molar-refractivity contribution is -0.116. The van der Waals surface area contributed by atoms with Crippen molar-refractivity contribution in [1.82, 2.24) is 0 Å². The van der Waals surface area contributed by atoms with Gasteiger partial charge in [-0.05, 0) is 12.0 Å². The highest BCUT2D eigenvalue weighted by atomic mass is 32.5. The molecule has 1 aromatic carbocycles. The summed E-state index contributed by atoms with van der Waals surface area (Å²) >= 11 is 0. The topological polar surface area (TPSA) is 17.1 Å². The molecule has 0 aliphatic carbocycles. The van der Waals surface area contributed by atoms with Gasteiger partial charge in [-0.3, -0.25) is 4.79 Å². The minimum Gasteiger partial charge on any atom is -0.298 e. The minimum atomic E-state index is -9.60. The van der Waals surface area contributed by atoms with Gasteiger partial charge in [0, 0.05) is 6.42 Å². The number of carbonyl (C=O) groups excluding carboxylic acids is 1. The Morgan fingerprint density at radius 2 is 1.53 bits per heavy atom. The van der Waals surface area contributed by atoms with Crippen LogP contribution in [0.15, 0.2) is 30.3 Å². The van der Waals surface area contributed by atoms with Crippen LogP contribution in [0.4, 0.5) is 19.4 Å². The van der Waals surface area contributed by atoms with Gasteiger partial charge < -0.3 is 0 Å². The molecule has 0 spiro atoms. The van der Waals surface area contributed by atoms with E-state index < -0.39 is 28.2 Å². The molecule has 0 heterocycles. The summed E-state index contributed by atoms with van der Waals surface area (Å²) in [5.41, 5.74) is 0.642. The number of halogens is 5. The van der Waals surface area contributed by atoms with Gasteiger partial charge in [-0.1, -0.05) is 49.8 Å². The van der Waals surface area contributed by atoms with Crippen molar-refractivity contribution in [2.45, 2.75) is 12.8 Å². The fourth-order valence-corrected chi connectivity index (χ4v) is 2.06. The van der Waals surface area contributed by atoms with Crippen molar-refractivity contribution < 1.29 is 24.2 Å². The van der Waals surface area contributed by atoms with Crippen LogP contribution in [0.3, 0.4) is 0 Å². The summed E-state index contributed by atoms with van der Waals surface area (Å²) < 4.78 is 59.9. The number of ketones is 1. The second kappa shape index (κ2) is 3.69. The predicted molar refractivity (Wildman–Crippen MR) is 57.8 cm³/mol. The van der Waals surface area contributed by atoms with Gasteiger partial charge in [-0.2, -0.15) is 0 Å². The van der Waals surface area contributed by atoms with E-state index >= 15 is 0 Å². The maximum absolute atomic E-state index is 12.0. The van der Waals surface area contributed by atoms with E-state index in [2.05, 4.69) is 0 Å². The molecule has 17 heavy (non-hydrogen) atoms. The lowest BCUT2D eigenvalue weighted by atomic mass is 10.1. The smallest absolute Gasteiger partial charge is 0.292 e. The summed E-state index contributed by atoms with van der Waals surface area (Å²) in [6, 6.07) is 8.26. The van der Waals surface area contributed by atoms with Crippen LogP contribution >= 0.6 is 10.2 Å². The quantitative estimate of drug-likeness (QED) is 0.723. The molecule has 7 heteroatoms. The number of rotatable bonds is 5. The molecule has 0 aliphatic rings. The number of carbonyl (C=O) groups is 1. The molecule has 0 saturated carbocycles. The van der Waals surface area contributed by atoms with Crippen LogP contribution in [-0.2, 0) is 11.2 Å². The second-order valence-corrected chi connectivity index (χ2v) is 6.34. The van der Waals surface area contributed by atoms with Crippen LogP contribution in [-0.4, -0.2) is 11.5 Å². The largest absolute Gasteiger partial charge is 0.298 e. The Hall–Kier alpha value is -1.11. The molecule has 0 N–H and O–H groups in total. The molecular formula is C10H11F5OS. The molecular weight excluding hydrogens is 263 g/mol. The molecule has 0 unspecified atom stereocenters. The summed E-state index contributed by atoms with van der Waals surface area (Å²) in [4.78, 5) is 10.9. The fourth-order valence-electron chi connectivity index (χ4n) is 1.30. The van der Waals surface area contributed by atoms with Crippen molar-refractivity contribution in [3.05, 3.63) is 35.9 Å². The van der Waals surface area contributed by atoms with E-state index in [1.807, 2.05) is 0 Å². The van der Waals surface area contributed by atoms with Crippen LogP contribution < -0.4 is 0 Å². The van der Waals surface area contributed by atoms with Gasteiger partial charge in [0.2, 0.25) is 0 Å². The number of benzene rings is 1. The summed E-state index contributed by atoms with van der Waals surface area (Å²) in [6.07, 6.45) is -0.497. The van der Waals surface area contributed by atoms with Crippen LogP contribution in [0.1, 0.15) is 12.0 Å². The zero-order valence-corrected chi connectivity index (χ0v) is 9.53. The van der Waals surface area contributed by atoms with Crippen molar-refractivity contribution >= 4 is 16.0 Å². The van der Waals surface area contributed by atoms with Crippen molar-refractivity contribution in [2.24, 2.45) is 0 Å². The van der Waals surface area contributed by atoms with Crippen LogP contribution in [0.2, 0.25) is 0 Å². The van der Waals surface area contributed by atoms with E-state index in [4.69, 9.17) is 0 Å². The third-order valence-corrected chi connectivity index (χ3v) is 2.84. The number of Topliss-reactive ketones (excluding diaryl/α,β-unsaturated/α-hetero) is 1. The van der Waals surface area contributed by atoms with E-state index in [9.17, 15) is 24.2 Å². The Morgan fingerprint density at radius 3 is 2.00 bits per heavy atom. The highest BCUT2D eigenvalue weighted by Crippen LogP contribution is 2.97. The van der Waals surface area contributed by atoms with Gasteiger partial charge in [0.1, 0.15) is 5.75 Å². The molecule has 0 fully saturated rings. The lowest BCUT2D eigenvalue weighted by Gasteiger charge is -2.39. The van der Waals surface area contributed by atoms with Crippen molar-refractivity contribution in [3.63, 3.8) is 0 Å². The molecule has 0 bridgehead atoms. The highest BCUT2D eigenvalue weighted by Gasteiger charge is 2.64. The maximum Gasteiger partial charge on any atom is 0.292 e. The van der Waals surface area contributed by atoms with Crippen molar-refractivity contribution in [1.29, 1.82) is 0 Å². The van der Waals surface area contributed by atoms with Crippen LogP contribution in [0.25, 0.3) is 0 Å². The molecule has 1 rings (SSSR count). The molecule has 0 aromatic heterocycles. The average Bonchev–Trinajstić information content (AvgIpc) is 2.11. The number of hydrogen-bond donors (Lipinski definition) is 0. The summed E-state index contributed by atoms with van der Waals surface area (Å²) in [6.45, 7) is 0. The number of aryl methyl sites for hydroxylation is 1. The molecule has 98 valence electrons. The molecule has 0 saturated heterocycles. The van der Waals surface area contributed by atoms with E-state index in [1.165, 1.54) is 0 Å². The lowest BCUT2D eigenvalue weighted by Crippen LogP contribution is -2.19. The maximum atomic E-state index is 12.0. The fraction of sp³-hybridized carbons (Fsp3) is 0.300. The van der Waals surface area contributed by atoms with Crippen molar-refractivity contribution in [3.8, 4) is 0 Å². The molecule has 0 amide bonds. The monoisotopic (exact) mass is 274 g/mol. The molecule has 0 atom stereocenters. The van der Waals surface area contributed by atoms with E-state index in [1.54, 1.807) is 30.3 Å². The first-order chi connectivity index (χ1) is 7.45. The standard InChI is InChI=1S/C10H11F5OS/c11-17(12,13,14,15)8-10(16)7-6-9-4-2-1-3-5-9/h1-5H,6-8H2. The minimum absolute atomic E-state index is 0.0352. The molecule has 1 nitrogen and oxygen atoms in total. The van der Waals surface area contributed by atoms with Gasteiger partial charge in [0.05, 0.1) is 0 Å². The zero-order valence-electron chi connectivity index (χ0n) is 8.71. The normalized spacial score (nSPS) is 16.1. The van der Waals surface area contributed by atoms with E-state index in [0.29, 0.717) is 5.56 Å². The van der Waals surface area contributed by atoms with Crippen LogP contribution in [0.5, 0.6) is 0 Å². The Kier molecular flexibility index (Phi) is 3.03. The summed E-state index contributed by atoms with van der Waals surface area (Å²) in [5, 5.41) is 0. The van der Waals surface area contributed by atoms with E-state index in [-0.39, 0.29) is 6.42 Å². The summed E-state index contributed by atoms with van der Waals surface area (Å²) in [7, 11) is -9.60. The molecule has 0 aliphatic heterocycles. The number of hydrogen-bond acceptors (Lipinski definition) is 1. The first-order valence-corrected chi connectivity index (χ1v) is 6.86. The SMILES string of the molecule is O=C(CCc1ccccc1)CS(F)(F)(F)(F)F. The Morgan fingerprint density at radius 1 is 1.00 bits per heavy atom. The molecule has 1 aromatic rings. The van der Waals surface area contributed by atoms with Gasteiger partial charge in [0.15, 0.2) is 5.78 Å². The highest BCUT2D eigenvalue weighted by molar-refractivity contribution is 8.46. The predicted octanol–water partition coefficient (Wildman–Crippen LogP) is 4.49. The van der Waals surface area contributed by atoms with Gasteiger partial charge in [-0.15, -0.1) is 0 Å². The summed E-state index contributed by atoms with van der Waals surface area (Å²) in [5.74, 6) is -4.08. The average molecular weight is 274 g/mol. The first kappa shape index (κ1) is 14.0. The van der Waals surface area contributed by atoms with Gasteiger partial charge >= 0.3 is 0 Å². The Bertz CT molecular complexity index is 410. The second-order valence-electron chi connectivity index (χ2n) is 3.80. The van der Waals surface area contributed by atoms with Gasteiger partial charge in [0.25, 0.3) is 10.2 Å². The van der Waals surface area contributed by atoms with Crippen LogP contribution in [0, 0.1) is 0 Å². The Labute approximate surface area is 95.4 Å². The Balaban J connectivity index is 2.54. The third kappa shape index (κ3) is 6.93. The third-order valence-electron chi connectivity index (χ3n) is 1.97. The van der Waals surface area contributed by atoms with Crippen molar-refractivity contribution in [2.75, 3.05) is 5.75 Å². The first-order valence-electron chi connectivity index (χ1n) is 4.74. The zero-order chi connectivity index (χ0) is 13.2.